The van der Waals surface area contributed by atoms with Crippen molar-refractivity contribution >= 4 is 10.1 Å². The summed E-state index contributed by atoms with van der Waals surface area (Å²) in [6.07, 6.45) is -0.0537. The lowest BCUT2D eigenvalue weighted by atomic mass is 9.80. The molecule has 0 aliphatic carbocycles. The van der Waals surface area contributed by atoms with E-state index in [4.69, 9.17) is 23.1 Å². The van der Waals surface area contributed by atoms with Crippen LogP contribution in [0.25, 0.3) is 0 Å². The van der Waals surface area contributed by atoms with Crippen molar-refractivity contribution in [1.82, 2.24) is 0 Å². The van der Waals surface area contributed by atoms with Gasteiger partial charge in [0.2, 0.25) is 0 Å². The van der Waals surface area contributed by atoms with Gasteiger partial charge in [-0.3, -0.25) is 4.18 Å². The van der Waals surface area contributed by atoms with Crippen molar-refractivity contribution in [2.45, 2.75) is 48.6 Å². The Morgan fingerprint density at radius 2 is 1.33 bits per heavy atom. The Morgan fingerprint density at radius 3 is 1.84 bits per heavy atom. The average Bonchev–Trinajstić information content (AvgIpc) is 3.43. The summed E-state index contributed by atoms with van der Waals surface area (Å²) >= 11 is 0. The Hall–Kier alpha value is -3.37. The molecule has 0 radical (unpaired) electrons. The van der Waals surface area contributed by atoms with Gasteiger partial charge in [-0.05, 0) is 42.2 Å². The molecule has 0 amide bonds. The fraction of sp³-hybridized carbons (Fsp3) is 0.314. The van der Waals surface area contributed by atoms with Gasteiger partial charge in [-0.2, -0.15) is 8.42 Å². The minimum absolute atomic E-state index is 0.00651. The summed E-state index contributed by atoms with van der Waals surface area (Å²) < 4.78 is 55.3. The maximum atomic E-state index is 12.7. The van der Waals surface area contributed by atoms with Crippen LogP contribution in [0, 0.1) is 6.92 Å². The molecule has 1 fully saturated rings. The van der Waals surface area contributed by atoms with Gasteiger partial charge in [-0.15, -0.1) is 0 Å². The SMILES string of the molecule is COCO[C@H]1C[C@H](CCOS(=O)(=O)c2ccc(C)cc2)O[C@@H]1COC(c1ccccc1)(c1ccccc1)c1ccccc1. The Morgan fingerprint density at radius 1 is 0.791 bits per heavy atom. The van der Waals surface area contributed by atoms with E-state index in [1.165, 1.54) is 0 Å². The van der Waals surface area contributed by atoms with Gasteiger partial charge in [-0.1, -0.05) is 109 Å². The summed E-state index contributed by atoms with van der Waals surface area (Å²) in [5.74, 6) is 0. The number of ether oxygens (including phenoxy) is 4. The third-order valence-electron chi connectivity index (χ3n) is 7.67. The van der Waals surface area contributed by atoms with E-state index < -0.39 is 21.8 Å². The summed E-state index contributed by atoms with van der Waals surface area (Å²) in [5.41, 5.74) is 3.05. The van der Waals surface area contributed by atoms with E-state index in [2.05, 4.69) is 36.4 Å². The van der Waals surface area contributed by atoms with E-state index in [0.717, 1.165) is 22.3 Å². The first-order valence-electron chi connectivity index (χ1n) is 14.4. The number of hydrogen-bond donors (Lipinski definition) is 0. The molecule has 0 unspecified atom stereocenters. The molecule has 0 N–H and O–H groups in total. The van der Waals surface area contributed by atoms with Gasteiger partial charge in [0, 0.05) is 13.5 Å². The molecule has 4 aromatic rings. The molecule has 3 atom stereocenters. The summed E-state index contributed by atoms with van der Waals surface area (Å²) in [4.78, 5) is 0.136. The van der Waals surface area contributed by atoms with E-state index in [1.54, 1.807) is 31.4 Å². The minimum atomic E-state index is -3.86. The summed E-state index contributed by atoms with van der Waals surface area (Å²) in [7, 11) is -2.29. The lowest BCUT2D eigenvalue weighted by Crippen LogP contribution is -2.38. The molecule has 226 valence electrons. The van der Waals surface area contributed by atoms with Crippen molar-refractivity contribution in [2.75, 3.05) is 27.1 Å². The van der Waals surface area contributed by atoms with Crippen molar-refractivity contribution in [2.24, 2.45) is 0 Å². The van der Waals surface area contributed by atoms with Crippen LogP contribution in [0.4, 0.5) is 0 Å². The Bertz CT molecular complexity index is 1410. The molecular weight excluding hydrogens is 564 g/mol. The van der Waals surface area contributed by atoms with Crippen molar-refractivity contribution in [3.63, 3.8) is 0 Å². The second-order valence-corrected chi connectivity index (χ2v) is 12.2. The van der Waals surface area contributed by atoms with E-state index in [-0.39, 0.29) is 37.1 Å². The van der Waals surface area contributed by atoms with E-state index in [1.807, 2.05) is 61.5 Å². The summed E-state index contributed by atoms with van der Waals surface area (Å²) in [6, 6.07) is 37.1. The highest BCUT2D eigenvalue weighted by Crippen LogP contribution is 2.41. The number of aryl methyl sites for hydroxylation is 1. The van der Waals surface area contributed by atoms with Gasteiger partial charge in [-0.25, -0.2) is 0 Å². The normalized spacial score (nSPS) is 19.0. The van der Waals surface area contributed by atoms with Gasteiger partial charge in [0.25, 0.3) is 10.1 Å². The Balaban J connectivity index is 1.35. The molecule has 8 heteroatoms. The number of benzene rings is 4. The third kappa shape index (κ3) is 7.41. The van der Waals surface area contributed by atoms with Crippen LogP contribution in [0.5, 0.6) is 0 Å². The number of methoxy groups -OCH3 is 1. The van der Waals surface area contributed by atoms with Gasteiger partial charge >= 0.3 is 0 Å². The van der Waals surface area contributed by atoms with Crippen LogP contribution in [0.2, 0.25) is 0 Å². The van der Waals surface area contributed by atoms with Crippen LogP contribution in [-0.4, -0.2) is 53.8 Å². The summed E-state index contributed by atoms with van der Waals surface area (Å²) in [6.45, 7) is 2.23. The quantitative estimate of drug-likeness (QED) is 0.0960. The maximum Gasteiger partial charge on any atom is 0.296 e. The van der Waals surface area contributed by atoms with Crippen LogP contribution < -0.4 is 0 Å². The fourth-order valence-electron chi connectivity index (χ4n) is 5.50. The Labute approximate surface area is 254 Å². The summed E-state index contributed by atoms with van der Waals surface area (Å²) in [5, 5.41) is 0. The lowest BCUT2D eigenvalue weighted by Gasteiger charge is -2.37. The number of hydrogen-bond acceptors (Lipinski definition) is 7. The van der Waals surface area contributed by atoms with Crippen LogP contribution in [-0.2, 0) is 38.8 Å². The largest absolute Gasteiger partial charge is 0.370 e. The van der Waals surface area contributed by atoms with E-state index in [9.17, 15) is 8.42 Å². The smallest absolute Gasteiger partial charge is 0.296 e. The minimum Gasteiger partial charge on any atom is -0.370 e. The van der Waals surface area contributed by atoms with Crippen molar-refractivity contribution in [3.8, 4) is 0 Å². The predicted octanol–water partition coefficient (Wildman–Crippen LogP) is 6.25. The molecule has 0 saturated carbocycles. The van der Waals surface area contributed by atoms with E-state index >= 15 is 0 Å². The van der Waals surface area contributed by atoms with Crippen LogP contribution >= 0.6 is 0 Å². The molecule has 43 heavy (non-hydrogen) atoms. The van der Waals surface area contributed by atoms with Crippen molar-refractivity contribution in [3.05, 3.63) is 138 Å². The lowest BCUT2D eigenvalue weighted by molar-refractivity contribution is -0.125. The average molecular weight is 603 g/mol. The molecule has 0 spiro atoms. The van der Waals surface area contributed by atoms with Gasteiger partial charge in [0.1, 0.15) is 18.5 Å². The molecule has 1 heterocycles. The first-order chi connectivity index (χ1) is 20.9. The highest BCUT2D eigenvalue weighted by Gasteiger charge is 2.42. The zero-order valence-electron chi connectivity index (χ0n) is 24.5. The van der Waals surface area contributed by atoms with Crippen LogP contribution in [0.1, 0.15) is 35.1 Å². The monoisotopic (exact) mass is 602 g/mol. The molecule has 0 bridgehead atoms. The molecule has 1 aliphatic rings. The maximum absolute atomic E-state index is 12.7. The first-order valence-corrected chi connectivity index (χ1v) is 15.9. The molecule has 4 aromatic carbocycles. The number of rotatable bonds is 14. The highest BCUT2D eigenvalue weighted by atomic mass is 32.2. The molecule has 7 nitrogen and oxygen atoms in total. The standard InChI is InChI=1S/C35H38O7S/c1-27-18-20-32(21-19-27)43(36,37)41-23-22-31-24-33(39-26-38-2)34(42-31)25-40-35(28-12-6-3-7-13-28,29-14-8-4-9-15-29)30-16-10-5-11-17-30/h3-21,31,33-34H,22-26H2,1-2H3/t31-,33-,34+/m0/s1. The van der Waals surface area contributed by atoms with Gasteiger partial charge < -0.3 is 18.9 Å². The second kappa shape index (κ2) is 14.4. The first kappa shape index (κ1) is 31.1. The molecule has 1 saturated heterocycles. The van der Waals surface area contributed by atoms with Crippen molar-refractivity contribution in [1.29, 1.82) is 0 Å². The molecule has 1 aliphatic heterocycles. The predicted molar refractivity (Wildman–Crippen MR) is 164 cm³/mol. The van der Waals surface area contributed by atoms with Gasteiger partial charge in [0.15, 0.2) is 0 Å². The van der Waals surface area contributed by atoms with E-state index in [0.29, 0.717) is 12.8 Å². The molecule has 0 aromatic heterocycles. The van der Waals surface area contributed by atoms with Gasteiger partial charge in [0.05, 0.1) is 30.3 Å². The zero-order chi connectivity index (χ0) is 30.1. The Kier molecular flexibility index (Phi) is 10.4. The zero-order valence-corrected chi connectivity index (χ0v) is 25.3. The third-order valence-corrected chi connectivity index (χ3v) is 9.00. The topological polar surface area (TPSA) is 80.3 Å². The van der Waals surface area contributed by atoms with Crippen molar-refractivity contribution < 1.29 is 31.5 Å². The fourth-order valence-corrected chi connectivity index (χ4v) is 6.42. The highest BCUT2D eigenvalue weighted by molar-refractivity contribution is 7.86. The second-order valence-electron chi connectivity index (χ2n) is 10.6. The van der Waals surface area contributed by atoms with Crippen LogP contribution in [0.15, 0.2) is 120 Å². The van der Waals surface area contributed by atoms with Crippen LogP contribution in [0.3, 0.4) is 0 Å². The molecule has 5 rings (SSSR count). The molecular formula is C35H38O7S.